The Balaban J connectivity index is 1.87. The topological polar surface area (TPSA) is 116 Å². The van der Waals surface area contributed by atoms with Crippen LogP contribution in [0.3, 0.4) is 0 Å². The number of primary sulfonamides is 1. The standard InChI is InChI=1S/C17H14BrFN2O5S/c18-12-2-7-15(19)11(9-12)1-8-17(23)26-10-16(22)21-13-3-5-14(6-4-13)27(20,24)25/h1-9H,10H2,(H,21,22)(H2,20,24,25)/b8-1+. The van der Waals surface area contributed by atoms with Crippen molar-refractivity contribution >= 4 is 49.6 Å². The summed E-state index contributed by atoms with van der Waals surface area (Å²) in [5, 5.41) is 7.40. The van der Waals surface area contributed by atoms with Crippen LogP contribution in [-0.2, 0) is 24.3 Å². The molecule has 2 aromatic rings. The van der Waals surface area contributed by atoms with Gasteiger partial charge in [0.1, 0.15) is 5.82 Å². The summed E-state index contributed by atoms with van der Waals surface area (Å²) in [5.41, 5.74) is 0.482. The minimum Gasteiger partial charge on any atom is -0.452 e. The first-order chi connectivity index (χ1) is 12.6. The van der Waals surface area contributed by atoms with Crippen molar-refractivity contribution in [1.82, 2.24) is 0 Å². The monoisotopic (exact) mass is 456 g/mol. The lowest BCUT2D eigenvalue weighted by Crippen LogP contribution is -2.20. The summed E-state index contributed by atoms with van der Waals surface area (Å²) in [6.07, 6.45) is 2.23. The largest absolute Gasteiger partial charge is 0.452 e. The van der Waals surface area contributed by atoms with Gasteiger partial charge in [-0.3, -0.25) is 4.79 Å². The maximum atomic E-state index is 13.5. The summed E-state index contributed by atoms with van der Waals surface area (Å²) in [6, 6.07) is 9.38. The normalized spacial score (nSPS) is 11.4. The molecule has 0 spiro atoms. The molecule has 0 aliphatic rings. The predicted octanol–water partition coefficient (Wildman–Crippen LogP) is 2.43. The zero-order valence-electron chi connectivity index (χ0n) is 13.7. The Morgan fingerprint density at radius 2 is 1.85 bits per heavy atom. The Hall–Kier alpha value is -2.56. The summed E-state index contributed by atoms with van der Waals surface area (Å²) < 4.78 is 41.2. The number of anilines is 1. The smallest absolute Gasteiger partial charge is 0.331 e. The average Bonchev–Trinajstić information content (AvgIpc) is 2.60. The molecule has 0 aliphatic heterocycles. The molecule has 0 radical (unpaired) electrons. The van der Waals surface area contributed by atoms with Crippen LogP contribution >= 0.6 is 15.9 Å². The van der Waals surface area contributed by atoms with E-state index >= 15 is 0 Å². The zero-order chi connectivity index (χ0) is 20.0. The number of nitrogens with two attached hydrogens (primary N) is 1. The van der Waals surface area contributed by atoms with Gasteiger partial charge in [-0.15, -0.1) is 0 Å². The molecule has 1 amide bonds. The van der Waals surface area contributed by atoms with E-state index in [2.05, 4.69) is 21.2 Å². The van der Waals surface area contributed by atoms with Gasteiger partial charge in [0.25, 0.3) is 5.91 Å². The van der Waals surface area contributed by atoms with Crippen LogP contribution in [0.4, 0.5) is 10.1 Å². The van der Waals surface area contributed by atoms with Crippen molar-refractivity contribution in [2.75, 3.05) is 11.9 Å². The Labute approximate surface area is 163 Å². The lowest BCUT2D eigenvalue weighted by Gasteiger charge is -2.06. The molecule has 0 saturated carbocycles. The summed E-state index contributed by atoms with van der Waals surface area (Å²) in [6.45, 7) is -0.568. The molecular formula is C17H14BrFN2O5S. The molecule has 7 nitrogen and oxygen atoms in total. The fourth-order valence-electron chi connectivity index (χ4n) is 1.91. The third kappa shape index (κ3) is 6.59. The Morgan fingerprint density at radius 3 is 2.48 bits per heavy atom. The maximum absolute atomic E-state index is 13.5. The fourth-order valence-corrected chi connectivity index (χ4v) is 2.80. The van der Waals surface area contributed by atoms with Crippen molar-refractivity contribution < 1.29 is 27.1 Å². The third-order valence-electron chi connectivity index (χ3n) is 3.17. The molecule has 3 N–H and O–H groups in total. The zero-order valence-corrected chi connectivity index (χ0v) is 16.1. The Kier molecular flexibility index (Phi) is 6.83. The van der Waals surface area contributed by atoms with Crippen molar-refractivity contribution in [3.05, 3.63) is 64.4 Å². The minimum absolute atomic E-state index is 0.100. The highest BCUT2D eigenvalue weighted by atomic mass is 79.9. The van der Waals surface area contributed by atoms with Gasteiger partial charge in [0, 0.05) is 21.8 Å². The van der Waals surface area contributed by atoms with E-state index in [-0.39, 0.29) is 10.5 Å². The molecule has 0 unspecified atom stereocenters. The molecule has 0 bridgehead atoms. The van der Waals surface area contributed by atoms with Crippen molar-refractivity contribution in [1.29, 1.82) is 0 Å². The van der Waals surface area contributed by atoms with E-state index in [0.29, 0.717) is 10.2 Å². The Morgan fingerprint density at radius 1 is 1.19 bits per heavy atom. The molecule has 0 fully saturated rings. The molecule has 0 aromatic heterocycles. The van der Waals surface area contributed by atoms with Crippen LogP contribution in [0.15, 0.2) is 57.9 Å². The first-order valence-corrected chi connectivity index (χ1v) is 9.72. The average molecular weight is 457 g/mol. The second-order valence-electron chi connectivity index (χ2n) is 5.22. The number of hydrogen-bond acceptors (Lipinski definition) is 5. The van der Waals surface area contributed by atoms with Gasteiger partial charge in [0.2, 0.25) is 10.0 Å². The van der Waals surface area contributed by atoms with Gasteiger partial charge >= 0.3 is 5.97 Å². The quantitative estimate of drug-likeness (QED) is 0.511. The number of rotatable bonds is 6. The van der Waals surface area contributed by atoms with E-state index in [1.807, 2.05) is 0 Å². The highest BCUT2D eigenvalue weighted by Crippen LogP contribution is 2.17. The molecule has 0 heterocycles. The summed E-state index contributed by atoms with van der Waals surface area (Å²) in [5.74, 6) is -1.97. The fraction of sp³-hybridized carbons (Fsp3) is 0.0588. The van der Waals surface area contributed by atoms with Gasteiger partial charge in [0.05, 0.1) is 4.90 Å². The highest BCUT2D eigenvalue weighted by Gasteiger charge is 2.09. The second kappa shape index (κ2) is 8.89. The number of amides is 1. The molecule has 0 atom stereocenters. The number of ether oxygens (including phenoxy) is 1. The van der Waals surface area contributed by atoms with Gasteiger partial charge in [-0.25, -0.2) is 22.7 Å². The van der Waals surface area contributed by atoms with Crippen molar-refractivity contribution in [3.8, 4) is 0 Å². The van der Waals surface area contributed by atoms with Crippen LogP contribution in [-0.4, -0.2) is 26.9 Å². The first kappa shape index (κ1) is 20.7. The predicted molar refractivity (Wildman–Crippen MR) is 101 cm³/mol. The van der Waals surface area contributed by atoms with E-state index in [1.165, 1.54) is 48.5 Å². The van der Waals surface area contributed by atoms with E-state index in [1.54, 1.807) is 0 Å². The van der Waals surface area contributed by atoms with Gasteiger partial charge in [0.15, 0.2) is 6.61 Å². The van der Waals surface area contributed by atoms with Crippen molar-refractivity contribution in [2.45, 2.75) is 4.90 Å². The van der Waals surface area contributed by atoms with Crippen LogP contribution in [0.25, 0.3) is 6.08 Å². The third-order valence-corrected chi connectivity index (χ3v) is 4.59. The number of carbonyl (C=O) groups is 2. The lowest BCUT2D eigenvalue weighted by molar-refractivity contribution is -0.142. The van der Waals surface area contributed by atoms with Crippen LogP contribution in [0, 0.1) is 5.82 Å². The van der Waals surface area contributed by atoms with Gasteiger partial charge in [-0.05, 0) is 48.5 Å². The van der Waals surface area contributed by atoms with Crippen LogP contribution in [0.5, 0.6) is 0 Å². The molecule has 2 aromatic carbocycles. The number of hydrogen-bond donors (Lipinski definition) is 2. The summed E-state index contributed by atoms with van der Waals surface area (Å²) in [7, 11) is -3.82. The Bertz CT molecular complexity index is 991. The molecule has 2 rings (SSSR count). The molecule has 142 valence electrons. The van der Waals surface area contributed by atoms with Gasteiger partial charge in [-0.2, -0.15) is 0 Å². The van der Waals surface area contributed by atoms with Crippen LogP contribution in [0.1, 0.15) is 5.56 Å². The second-order valence-corrected chi connectivity index (χ2v) is 7.70. The van der Waals surface area contributed by atoms with Gasteiger partial charge < -0.3 is 10.1 Å². The van der Waals surface area contributed by atoms with E-state index in [0.717, 1.165) is 6.08 Å². The van der Waals surface area contributed by atoms with Crippen LogP contribution < -0.4 is 10.5 Å². The molecule has 10 heteroatoms. The van der Waals surface area contributed by atoms with Crippen molar-refractivity contribution in [2.24, 2.45) is 5.14 Å². The summed E-state index contributed by atoms with van der Waals surface area (Å²) >= 11 is 3.19. The molecule has 0 saturated heterocycles. The highest BCUT2D eigenvalue weighted by molar-refractivity contribution is 9.10. The number of sulfonamides is 1. The summed E-state index contributed by atoms with van der Waals surface area (Å²) in [4.78, 5) is 23.3. The minimum atomic E-state index is -3.82. The number of halogens is 2. The molecule has 27 heavy (non-hydrogen) atoms. The first-order valence-electron chi connectivity index (χ1n) is 7.38. The SMILES string of the molecule is NS(=O)(=O)c1ccc(NC(=O)COC(=O)/C=C/c2cc(Br)ccc2F)cc1. The lowest BCUT2D eigenvalue weighted by atomic mass is 10.2. The van der Waals surface area contributed by atoms with E-state index in [4.69, 9.17) is 9.88 Å². The van der Waals surface area contributed by atoms with Crippen LogP contribution in [0.2, 0.25) is 0 Å². The van der Waals surface area contributed by atoms with Gasteiger partial charge in [-0.1, -0.05) is 15.9 Å². The number of esters is 1. The maximum Gasteiger partial charge on any atom is 0.331 e. The van der Waals surface area contributed by atoms with E-state index in [9.17, 15) is 22.4 Å². The molecular weight excluding hydrogens is 443 g/mol. The molecule has 0 aliphatic carbocycles. The number of nitrogens with one attached hydrogen (secondary N) is 1. The van der Waals surface area contributed by atoms with Crippen molar-refractivity contribution in [3.63, 3.8) is 0 Å². The van der Waals surface area contributed by atoms with E-state index < -0.39 is 34.3 Å². The number of benzene rings is 2. The number of carbonyl (C=O) groups excluding carboxylic acids is 2.